The van der Waals surface area contributed by atoms with E-state index in [1.54, 1.807) is 15.5 Å². The zero-order chi connectivity index (χ0) is 20.5. The van der Waals surface area contributed by atoms with Crippen LogP contribution in [-0.4, -0.2) is 34.6 Å². The van der Waals surface area contributed by atoms with Crippen molar-refractivity contribution in [3.63, 3.8) is 0 Å². The lowest BCUT2D eigenvalue weighted by molar-refractivity contribution is 0.280. The summed E-state index contributed by atoms with van der Waals surface area (Å²) in [5.74, 6) is 1.73. The zero-order valence-electron chi connectivity index (χ0n) is 16.6. The molecule has 0 radical (unpaired) electrons. The van der Waals surface area contributed by atoms with Crippen molar-refractivity contribution >= 4 is 5.65 Å². The van der Waals surface area contributed by atoms with Crippen LogP contribution in [0.5, 0.6) is 5.88 Å². The summed E-state index contributed by atoms with van der Waals surface area (Å²) in [6.45, 7) is 2.22. The van der Waals surface area contributed by atoms with Gasteiger partial charge in [-0.05, 0) is 12.5 Å². The Hall–Kier alpha value is -4.07. The summed E-state index contributed by atoms with van der Waals surface area (Å²) in [6, 6.07) is 19.9. The molecule has 0 unspecified atom stereocenters. The van der Waals surface area contributed by atoms with Crippen LogP contribution in [0, 0.1) is 6.92 Å². The van der Waals surface area contributed by atoms with Crippen LogP contribution in [-0.2, 0) is 13.7 Å². The monoisotopic (exact) mass is 397 g/mol. The van der Waals surface area contributed by atoms with Crippen LogP contribution in [0.4, 0.5) is 0 Å². The van der Waals surface area contributed by atoms with Gasteiger partial charge in [-0.25, -0.2) is 4.98 Å². The molecule has 30 heavy (non-hydrogen) atoms. The van der Waals surface area contributed by atoms with Crippen LogP contribution in [0.15, 0.2) is 67.0 Å². The van der Waals surface area contributed by atoms with Crippen molar-refractivity contribution in [1.29, 1.82) is 0 Å². The number of hydrogen-bond donors (Lipinski definition) is 0. The molecule has 8 heteroatoms. The number of nitrogens with zero attached hydrogens (tertiary/aromatic N) is 7. The van der Waals surface area contributed by atoms with E-state index in [4.69, 9.17) is 9.84 Å². The van der Waals surface area contributed by atoms with E-state index in [9.17, 15) is 0 Å². The Morgan fingerprint density at radius 1 is 0.867 bits per heavy atom. The molecule has 8 nitrogen and oxygen atoms in total. The fraction of sp³-hybridized carbons (Fsp3) is 0.136. The van der Waals surface area contributed by atoms with Gasteiger partial charge in [-0.1, -0.05) is 60.7 Å². The molecule has 0 bridgehead atoms. The number of aromatic nitrogens is 7. The highest BCUT2D eigenvalue weighted by Gasteiger charge is 2.20. The molecule has 5 aromatic rings. The van der Waals surface area contributed by atoms with Gasteiger partial charge >= 0.3 is 0 Å². The Morgan fingerprint density at radius 3 is 2.23 bits per heavy atom. The molecule has 0 aliphatic heterocycles. The summed E-state index contributed by atoms with van der Waals surface area (Å²) < 4.78 is 9.49. The van der Waals surface area contributed by atoms with E-state index in [0.717, 1.165) is 22.3 Å². The maximum Gasteiger partial charge on any atom is 0.240 e. The highest BCUT2D eigenvalue weighted by molar-refractivity contribution is 5.77. The van der Waals surface area contributed by atoms with Gasteiger partial charge in [0.15, 0.2) is 23.9 Å². The number of hydrogen-bond acceptors (Lipinski definition) is 6. The smallest absolute Gasteiger partial charge is 0.240 e. The second kappa shape index (κ2) is 7.40. The number of rotatable bonds is 5. The summed E-state index contributed by atoms with van der Waals surface area (Å²) in [7, 11) is 1.82. The average molecular weight is 397 g/mol. The minimum Gasteiger partial charge on any atom is -0.468 e. The molecule has 0 saturated carbocycles. The number of benzene rings is 2. The van der Waals surface area contributed by atoms with Gasteiger partial charge in [-0.3, -0.25) is 4.68 Å². The molecule has 0 saturated heterocycles. The molecule has 2 aromatic carbocycles. The SMILES string of the molecule is Cc1c(-c2ccccc2)c(OCc2ncn(C)n2)nn2c(-c3ccccc3)nnc12. The maximum absolute atomic E-state index is 6.11. The lowest BCUT2D eigenvalue weighted by Gasteiger charge is -2.13. The van der Waals surface area contributed by atoms with E-state index in [2.05, 4.69) is 20.3 Å². The lowest BCUT2D eigenvalue weighted by atomic mass is 10.0. The van der Waals surface area contributed by atoms with Crippen LogP contribution in [0.25, 0.3) is 28.2 Å². The molecular weight excluding hydrogens is 378 g/mol. The van der Waals surface area contributed by atoms with Crippen LogP contribution < -0.4 is 4.74 Å². The van der Waals surface area contributed by atoms with Gasteiger partial charge in [0.2, 0.25) is 5.88 Å². The molecule has 0 aliphatic carbocycles. The van der Waals surface area contributed by atoms with Gasteiger partial charge in [0.25, 0.3) is 0 Å². The molecular formula is C22H19N7O. The second-order valence-electron chi connectivity index (χ2n) is 6.92. The molecule has 0 amide bonds. The molecule has 0 spiro atoms. The fourth-order valence-electron chi connectivity index (χ4n) is 3.42. The molecule has 0 atom stereocenters. The summed E-state index contributed by atoms with van der Waals surface area (Å²) in [5, 5.41) is 17.9. The van der Waals surface area contributed by atoms with Crippen molar-refractivity contribution in [2.24, 2.45) is 7.05 Å². The normalized spacial score (nSPS) is 11.1. The topological polar surface area (TPSA) is 83.0 Å². The Bertz CT molecular complexity index is 1310. The molecule has 148 valence electrons. The molecule has 5 rings (SSSR count). The fourth-order valence-corrected chi connectivity index (χ4v) is 3.42. The maximum atomic E-state index is 6.11. The van der Waals surface area contributed by atoms with E-state index < -0.39 is 0 Å². The average Bonchev–Trinajstić information content (AvgIpc) is 3.40. The summed E-state index contributed by atoms with van der Waals surface area (Å²) in [4.78, 5) is 4.24. The number of aryl methyl sites for hydroxylation is 2. The minimum absolute atomic E-state index is 0.210. The van der Waals surface area contributed by atoms with E-state index in [0.29, 0.717) is 23.2 Å². The predicted molar refractivity (Wildman–Crippen MR) is 112 cm³/mol. The molecule has 0 fully saturated rings. The lowest BCUT2D eigenvalue weighted by Crippen LogP contribution is -2.07. The Balaban J connectivity index is 1.67. The van der Waals surface area contributed by atoms with Gasteiger partial charge in [0.05, 0.1) is 5.56 Å². The van der Waals surface area contributed by atoms with Crippen molar-refractivity contribution in [2.75, 3.05) is 0 Å². The Labute approximate surface area is 172 Å². The van der Waals surface area contributed by atoms with E-state index in [-0.39, 0.29) is 6.61 Å². The van der Waals surface area contributed by atoms with Crippen molar-refractivity contribution < 1.29 is 4.74 Å². The highest BCUT2D eigenvalue weighted by atomic mass is 16.5. The second-order valence-corrected chi connectivity index (χ2v) is 6.92. The first kappa shape index (κ1) is 18.0. The van der Waals surface area contributed by atoms with Crippen LogP contribution >= 0.6 is 0 Å². The highest BCUT2D eigenvalue weighted by Crippen LogP contribution is 2.34. The largest absolute Gasteiger partial charge is 0.468 e. The molecule has 0 N–H and O–H groups in total. The Kier molecular flexibility index (Phi) is 4.44. The first-order valence-corrected chi connectivity index (χ1v) is 9.55. The minimum atomic E-state index is 0.210. The predicted octanol–water partition coefficient (Wildman–Crippen LogP) is 3.47. The third-order valence-corrected chi connectivity index (χ3v) is 4.84. The molecule has 3 heterocycles. The zero-order valence-corrected chi connectivity index (χ0v) is 16.6. The van der Waals surface area contributed by atoms with Crippen LogP contribution in [0.3, 0.4) is 0 Å². The van der Waals surface area contributed by atoms with Crippen molar-refractivity contribution in [3.05, 3.63) is 78.4 Å². The van der Waals surface area contributed by atoms with Gasteiger partial charge in [0, 0.05) is 18.2 Å². The van der Waals surface area contributed by atoms with Crippen LogP contribution in [0.1, 0.15) is 11.4 Å². The molecule has 0 aliphatic rings. The third-order valence-electron chi connectivity index (χ3n) is 4.84. The van der Waals surface area contributed by atoms with Crippen molar-refractivity contribution in [2.45, 2.75) is 13.5 Å². The standard InChI is InChI=1S/C22H19N7O/c1-15-19(16-9-5-3-6-10-16)22(30-13-18-23-14-28(2)26-18)27-29-20(15)24-25-21(29)17-11-7-4-8-12-17/h3-12,14H,13H2,1-2H3. The van der Waals surface area contributed by atoms with E-state index >= 15 is 0 Å². The number of ether oxygens (including phenoxy) is 1. The third kappa shape index (κ3) is 3.18. The first-order valence-electron chi connectivity index (χ1n) is 9.55. The summed E-state index contributed by atoms with van der Waals surface area (Å²) in [5.41, 5.74) is 4.44. The van der Waals surface area contributed by atoms with Gasteiger partial charge < -0.3 is 4.74 Å². The van der Waals surface area contributed by atoms with Gasteiger partial charge in [-0.15, -0.1) is 15.3 Å². The summed E-state index contributed by atoms with van der Waals surface area (Å²) >= 11 is 0. The van der Waals surface area contributed by atoms with E-state index in [1.165, 1.54) is 0 Å². The quantitative estimate of drug-likeness (QED) is 0.452. The summed E-state index contributed by atoms with van der Waals surface area (Å²) in [6.07, 6.45) is 1.64. The first-order chi connectivity index (χ1) is 14.7. The molecule has 3 aromatic heterocycles. The van der Waals surface area contributed by atoms with Crippen molar-refractivity contribution in [1.82, 2.24) is 34.6 Å². The number of fused-ring (bicyclic) bond motifs is 1. The van der Waals surface area contributed by atoms with Gasteiger partial charge in [-0.2, -0.15) is 9.61 Å². The van der Waals surface area contributed by atoms with Crippen molar-refractivity contribution in [3.8, 4) is 28.4 Å². The van der Waals surface area contributed by atoms with Crippen LogP contribution in [0.2, 0.25) is 0 Å². The van der Waals surface area contributed by atoms with Gasteiger partial charge in [0.1, 0.15) is 6.33 Å². The Morgan fingerprint density at radius 2 is 1.57 bits per heavy atom. The van der Waals surface area contributed by atoms with E-state index in [1.807, 2.05) is 74.6 Å².